The van der Waals surface area contributed by atoms with Gasteiger partial charge < -0.3 is 5.73 Å². The van der Waals surface area contributed by atoms with Crippen LogP contribution in [-0.4, -0.2) is 24.5 Å². The van der Waals surface area contributed by atoms with Crippen molar-refractivity contribution >= 4 is 27.5 Å². The lowest BCUT2D eigenvalue weighted by molar-refractivity contribution is 0.192. The van der Waals surface area contributed by atoms with Crippen LogP contribution >= 0.6 is 27.5 Å². The van der Waals surface area contributed by atoms with E-state index in [1.165, 1.54) is 24.8 Å². The van der Waals surface area contributed by atoms with E-state index < -0.39 is 0 Å². The van der Waals surface area contributed by atoms with Gasteiger partial charge in [0, 0.05) is 22.1 Å². The second-order valence-electron chi connectivity index (χ2n) is 5.14. The van der Waals surface area contributed by atoms with Crippen molar-refractivity contribution in [1.82, 2.24) is 4.90 Å². The number of nitrogens with two attached hydrogens (primary N) is 1. The molecule has 0 radical (unpaired) electrons. The molecule has 0 aromatic heterocycles. The third kappa shape index (κ3) is 3.27. The maximum Gasteiger partial charge on any atom is 0.0410 e. The molecule has 1 aromatic rings. The second-order valence-corrected chi connectivity index (χ2v) is 6.44. The Morgan fingerprint density at radius 2 is 2.22 bits per heavy atom. The van der Waals surface area contributed by atoms with Gasteiger partial charge in [0.2, 0.25) is 0 Å². The summed E-state index contributed by atoms with van der Waals surface area (Å²) in [5, 5.41) is 0.795. The molecule has 0 spiro atoms. The molecule has 0 saturated heterocycles. The van der Waals surface area contributed by atoms with Crippen LogP contribution in [0.3, 0.4) is 0 Å². The molecule has 2 atom stereocenters. The highest BCUT2D eigenvalue weighted by Gasteiger charge is 2.29. The molecule has 4 heteroatoms. The molecule has 1 aromatic carbocycles. The van der Waals surface area contributed by atoms with E-state index in [0.29, 0.717) is 12.0 Å². The van der Waals surface area contributed by atoms with Crippen LogP contribution in [0, 0.1) is 5.92 Å². The summed E-state index contributed by atoms with van der Waals surface area (Å²) in [6, 6.07) is 6.57. The summed E-state index contributed by atoms with van der Waals surface area (Å²) in [6.45, 7) is 1.72. The van der Waals surface area contributed by atoms with Gasteiger partial charge in [-0.05, 0) is 56.1 Å². The van der Waals surface area contributed by atoms with Crippen molar-refractivity contribution in [3.05, 3.63) is 33.3 Å². The highest BCUT2D eigenvalue weighted by Crippen LogP contribution is 2.30. The van der Waals surface area contributed by atoms with Crippen molar-refractivity contribution in [1.29, 1.82) is 0 Å². The van der Waals surface area contributed by atoms with Crippen LogP contribution in [0.2, 0.25) is 5.02 Å². The smallest absolute Gasteiger partial charge is 0.0410 e. The summed E-state index contributed by atoms with van der Waals surface area (Å²) in [4.78, 5) is 2.42. The van der Waals surface area contributed by atoms with Gasteiger partial charge in [0.15, 0.2) is 0 Å². The van der Waals surface area contributed by atoms with Gasteiger partial charge in [-0.25, -0.2) is 0 Å². The van der Waals surface area contributed by atoms with Crippen LogP contribution in [0.15, 0.2) is 22.7 Å². The Labute approximate surface area is 123 Å². The number of hydrogen-bond donors (Lipinski definition) is 1. The molecular formula is C14H20BrClN2. The average molecular weight is 332 g/mol. The third-order valence-electron chi connectivity index (χ3n) is 3.92. The van der Waals surface area contributed by atoms with Gasteiger partial charge in [0.25, 0.3) is 0 Å². The minimum absolute atomic E-state index is 0.612. The van der Waals surface area contributed by atoms with Crippen molar-refractivity contribution in [2.45, 2.75) is 31.8 Å². The predicted molar refractivity (Wildman–Crippen MR) is 80.8 cm³/mol. The minimum atomic E-state index is 0.612. The maximum atomic E-state index is 6.06. The topological polar surface area (TPSA) is 29.3 Å². The van der Waals surface area contributed by atoms with Gasteiger partial charge in [-0.3, -0.25) is 4.90 Å². The minimum Gasteiger partial charge on any atom is -0.330 e. The first-order chi connectivity index (χ1) is 8.61. The van der Waals surface area contributed by atoms with Crippen molar-refractivity contribution in [3.63, 3.8) is 0 Å². The third-order valence-corrected chi connectivity index (χ3v) is 4.92. The van der Waals surface area contributed by atoms with Gasteiger partial charge in [0.05, 0.1) is 0 Å². The Balaban J connectivity index is 2.06. The first kappa shape index (κ1) is 14.3. The van der Waals surface area contributed by atoms with Crippen LogP contribution in [0.25, 0.3) is 0 Å². The van der Waals surface area contributed by atoms with E-state index in [1.807, 2.05) is 18.2 Å². The SMILES string of the molecule is CN(Cc1cc(Cl)ccc1Br)C1CCCC1CN. The standard InChI is InChI=1S/C14H20BrClN2/c1-18(14-4-2-3-10(14)8-17)9-11-7-12(16)5-6-13(11)15/h5-7,10,14H,2-4,8-9,17H2,1H3. The van der Waals surface area contributed by atoms with Gasteiger partial charge in [-0.1, -0.05) is 34.0 Å². The van der Waals surface area contributed by atoms with E-state index >= 15 is 0 Å². The van der Waals surface area contributed by atoms with E-state index in [0.717, 1.165) is 22.6 Å². The molecule has 0 amide bonds. The Morgan fingerprint density at radius 1 is 1.44 bits per heavy atom. The largest absolute Gasteiger partial charge is 0.330 e. The van der Waals surface area contributed by atoms with Crippen LogP contribution in [-0.2, 0) is 6.54 Å². The molecule has 2 nitrogen and oxygen atoms in total. The van der Waals surface area contributed by atoms with Crippen molar-refractivity contribution in [3.8, 4) is 0 Å². The lowest BCUT2D eigenvalue weighted by atomic mass is 10.0. The first-order valence-electron chi connectivity index (χ1n) is 6.46. The zero-order valence-electron chi connectivity index (χ0n) is 10.7. The summed E-state index contributed by atoms with van der Waals surface area (Å²) in [7, 11) is 2.19. The fourth-order valence-corrected chi connectivity index (χ4v) is 3.49. The molecule has 0 aliphatic heterocycles. The van der Waals surface area contributed by atoms with E-state index in [4.69, 9.17) is 17.3 Å². The fourth-order valence-electron chi connectivity index (χ4n) is 2.92. The Kier molecular flexibility index (Phi) is 5.07. The maximum absolute atomic E-state index is 6.06. The van der Waals surface area contributed by atoms with E-state index in [2.05, 4.69) is 27.9 Å². The van der Waals surface area contributed by atoms with Crippen LogP contribution in [0.4, 0.5) is 0 Å². The normalized spacial score (nSPS) is 23.8. The van der Waals surface area contributed by atoms with E-state index in [1.54, 1.807) is 0 Å². The fraction of sp³-hybridized carbons (Fsp3) is 0.571. The number of nitrogens with zero attached hydrogens (tertiary/aromatic N) is 1. The quantitative estimate of drug-likeness (QED) is 0.912. The monoisotopic (exact) mass is 330 g/mol. The van der Waals surface area contributed by atoms with Crippen molar-refractivity contribution < 1.29 is 0 Å². The molecule has 0 heterocycles. The molecule has 1 fully saturated rings. The van der Waals surface area contributed by atoms with Gasteiger partial charge in [0.1, 0.15) is 0 Å². The van der Waals surface area contributed by atoms with Gasteiger partial charge >= 0.3 is 0 Å². The lowest BCUT2D eigenvalue weighted by Crippen LogP contribution is -2.37. The summed E-state index contributed by atoms with van der Waals surface area (Å²) < 4.78 is 1.13. The zero-order valence-corrected chi connectivity index (χ0v) is 13.0. The Hall–Kier alpha value is -0.0900. The molecule has 1 aliphatic carbocycles. The molecule has 2 unspecified atom stereocenters. The molecule has 18 heavy (non-hydrogen) atoms. The summed E-state index contributed by atoms with van der Waals surface area (Å²) in [5.74, 6) is 0.646. The highest BCUT2D eigenvalue weighted by atomic mass is 79.9. The second kappa shape index (κ2) is 6.38. The molecule has 1 aliphatic rings. The highest BCUT2D eigenvalue weighted by molar-refractivity contribution is 9.10. The van der Waals surface area contributed by atoms with Gasteiger partial charge in [-0.2, -0.15) is 0 Å². The van der Waals surface area contributed by atoms with Crippen LogP contribution < -0.4 is 5.73 Å². The number of benzene rings is 1. The average Bonchev–Trinajstić information content (AvgIpc) is 2.82. The van der Waals surface area contributed by atoms with Crippen molar-refractivity contribution in [2.75, 3.05) is 13.6 Å². The van der Waals surface area contributed by atoms with Gasteiger partial charge in [-0.15, -0.1) is 0 Å². The summed E-state index contributed by atoms with van der Waals surface area (Å²) >= 11 is 9.65. The molecule has 100 valence electrons. The van der Waals surface area contributed by atoms with E-state index in [9.17, 15) is 0 Å². The molecule has 0 bridgehead atoms. The first-order valence-corrected chi connectivity index (χ1v) is 7.63. The Bertz CT molecular complexity index is 411. The van der Waals surface area contributed by atoms with Crippen LogP contribution in [0.5, 0.6) is 0 Å². The van der Waals surface area contributed by atoms with Crippen molar-refractivity contribution in [2.24, 2.45) is 11.7 Å². The molecule has 2 rings (SSSR count). The summed E-state index contributed by atoms with van der Waals surface area (Å²) in [5.41, 5.74) is 7.10. The summed E-state index contributed by atoms with van der Waals surface area (Å²) in [6.07, 6.45) is 3.83. The van der Waals surface area contributed by atoms with Crippen LogP contribution in [0.1, 0.15) is 24.8 Å². The number of hydrogen-bond acceptors (Lipinski definition) is 2. The Morgan fingerprint density at radius 3 is 2.94 bits per heavy atom. The molecule has 1 saturated carbocycles. The molecular weight excluding hydrogens is 312 g/mol. The predicted octanol–water partition coefficient (Wildman–Crippen LogP) is 3.66. The lowest BCUT2D eigenvalue weighted by Gasteiger charge is -2.29. The zero-order chi connectivity index (χ0) is 13.1. The van der Waals surface area contributed by atoms with E-state index in [-0.39, 0.29) is 0 Å². The number of halogens is 2. The molecule has 2 N–H and O–H groups in total. The number of rotatable bonds is 4.